The van der Waals surface area contributed by atoms with Crippen LogP contribution in [0.2, 0.25) is 0 Å². The first-order chi connectivity index (χ1) is 6.35. The fourth-order valence-corrected chi connectivity index (χ4v) is 1.72. The third kappa shape index (κ3) is 8.60. The Labute approximate surface area is 86.8 Å². The maximum absolute atomic E-state index is 5.16. The summed E-state index contributed by atoms with van der Waals surface area (Å²) in [6, 6.07) is 0.553. The van der Waals surface area contributed by atoms with Gasteiger partial charge in [0.15, 0.2) is 0 Å². The summed E-state index contributed by atoms with van der Waals surface area (Å²) in [5, 5.41) is 3.49. The molecule has 0 aromatic heterocycles. The lowest BCUT2D eigenvalue weighted by Crippen LogP contribution is -2.33. The van der Waals surface area contributed by atoms with Gasteiger partial charge in [-0.1, -0.05) is 6.92 Å². The van der Waals surface area contributed by atoms with Crippen LogP contribution in [0.4, 0.5) is 0 Å². The van der Waals surface area contributed by atoms with Crippen LogP contribution in [0.1, 0.15) is 26.2 Å². The fraction of sp³-hybridized carbons (Fsp3) is 1.00. The van der Waals surface area contributed by atoms with E-state index < -0.39 is 0 Å². The van der Waals surface area contributed by atoms with Crippen LogP contribution >= 0.6 is 11.8 Å². The minimum Gasteiger partial charge on any atom is -0.383 e. The van der Waals surface area contributed by atoms with E-state index in [1.807, 2.05) is 11.8 Å². The molecule has 0 aromatic rings. The minimum absolute atomic E-state index is 0.553. The normalized spacial score (nSPS) is 13.2. The Morgan fingerprint density at radius 3 is 2.77 bits per heavy atom. The third-order valence-corrected chi connectivity index (χ3v) is 2.65. The number of rotatable bonds is 9. The van der Waals surface area contributed by atoms with E-state index >= 15 is 0 Å². The van der Waals surface area contributed by atoms with E-state index in [0.717, 1.165) is 13.2 Å². The highest BCUT2D eigenvalue weighted by molar-refractivity contribution is 7.98. The molecule has 0 aromatic carbocycles. The quantitative estimate of drug-likeness (QED) is 0.583. The van der Waals surface area contributed by atoms with Gasteiger partial charge in [-0.25, -0.2) is 0 Å². The lowest BCUT2D eigenvalue weighted by Gasteiger charge is -2.16. The van der Waals surface area contributed by atoms with E-state index in [1.165, 1.54) is 25.0 Å². The summed E-state index contributed by atoms with van der Waals surface area (Å²) in [6.07, 6.45) is 5.87. The highest BCUT2D eigenvalue weighted by atomic mass is 32.2. The van der Waals surface area contributed by atoms with Crippen molar-refractivity contribution < 1.29 is 4.74 Å². The van der Waals surface area contributed by atoms with Crippen molar-refractivity contribution in [2.75, 3.05) is 32.3 Å². The first-order valence-electron chi connectivity index (χ1n) is 5.06. The first-order valence-corrected chi connectivity index (χ1v) is 6.45. The zero-order valence-electron chi connectivity index (χ0n) is 9.14. The molecule has 1 unspecified atom stereocenters. The van der Waals surface area contributed by atoms with Gasteiger partial charge in [0, 0.05) is 13.2 Å². The Kier molecular flexibility index (Phi) is 10.6. The van der Waals surface area contributed by atoms with Gasteiger partial charge in [-0.2, -0.15) is 11.8 Å². The van der Waals surface area contributed by atoms with Crippen LogP contribution in [0.3, 0.4) is 0 Å². The molecule has 0 aliphatic carbocycles. The van der Waals surface area contributed by atoms with E-state index in [4.69, 9.17) is 4.74 Å². The second kappa shape index (κ2) is 10.4. The van der Waals surface area contributed by atoms with Gasteiger partial charge < -0.3 is 10.1 Å². The number of methoxy groups -OCH3 is 1. The third-order valence-electron chi connectivity index (χ3n) is 1.95. The standard InChI is InChI=1S/C10H23NOS/c1-4-7-11-10(9-12-2)6-5-8-13-3/h10-11H,4-9H2,1-3H3. The molecule has 0 amide bonds. The maximum atomic E-state index is 5.16. The van der Waals surface area contributed by atoms with Crippen LogP contribution in [0.25, 0.3) is 0 Å². The fourth-order valence-electron chi connectivity index (χ4n) is 1.27. The molecule has 0 spiro atoms. The smallest absolute Gasteiger partial charge is 0.0615 e. The molecule has 2 nitrogen and oxygen atoms in total. The summed E-state index contributed by atoms with van der Waals surface area (Å²) in [5.74, 6) is 1.26. The van der Waals surface area contributed by atoms with E-state index in [0.29, 0.717) is 6.04 Å². The molecule has 0 saturated carbocycles. The lowest BCUT2D eigenvalue weighted by atomic mass is 10.2. The van der Waals surface area contributed by atoms with E-state index in [9.17, 15) is 0 Å². The zero-order valence-corrected chi connectivity index (χ0v) is 9.95. The summed E-state index contributed by atoms with van der Waals surface area (Å²) >= 11 is 1.92. The second-order valence-corrected chi connectivity index (χ2v) is 4.23. The van der Waals surface area contributed by atoms with Gasteiger partial charge >= 0.3 is 0 Å². The SMILES string of the molecule is CCCNC(CCCSC)COC. The second-order valence-electron chi connectivity index (χ2n) is 3.24. The average Bonchev–Trinajstić information content (AvgIpc) is 2.14. The van der Waals surface area contributed by atoms with Crippen LogP contribution in [0, 0.1) is 0 Å². The monoisotopic (exact) mass is 205 g/mol. The van der Waals surface area contributed by atoms with E-state index in [1.54, 1.807) is 7.11 Å². The number of hydrogen-bond acceptors (Lipinski definition) is 3. The van der Waals surface area contributed by atoms with Crippen LogP contribution < -0.4 is 5.32 Å². The van der Waals surface area contributed by atoms with Gasteiger partial charge in [-0.15, -0.1) is 0 Å². The largest absolute Gasteiger partial charge is 0.383 e. The summed E-state index contributed by atoms with van der Waals surface area (Å²) in [6.45, 7) is 4.14. The Morgan fingerprint density at radius 1 is 1.46 bits per heavy atom. The summed E-state index contributed by atoms with van der Waals surface area (Å²) in [4.78, 5) is 0. The van der Waals surface area contributed by atoms with Gasteiger partial charge in [-0.05, 0) is 37.8 Å². The van der Waals surface area contributed by atoms with E-state index in [-0.39, 0.29) is 0 Å². The molecule has 80 valence electrons. The molecule has 0 saturated heterocycles. The average molecular weight is 205 g/mol. The maximum Gasteiger partial charge on any atom is 0.0615 e. The molecule has 0 bridgehead atoms. The Morgan fingerprint density at radius 2 is 2.23 bits per heavy atom. The Hall–Kier alpha value is 0.270. The Balaban J connectivity index is 3.41. The van der Waals surface area contributed by atoms with Crippen molar-refractivity contribution in [1.29, 1.82) is 0 Å². The summed E-state index contributed by atoms with van der Waals surface area (Å²) in [7, 11) is 1.77. The van der Waals surface area contributed by atoms with Crippen molar-refractivity contribution in [3.63, 3.8) is 0 Å². The van der Waals surface area contributed by atoms with Gasteiger partial charge in [0.05, 0.1) is 6.61 Å². The summed E-state index contributed by atoms with van der Waals surface area (Å²) < 4.78 is 5.16. The van der Waals surface area contributed by atoms with Crippen molar-refractivity contribution in [3.05, 3.63) is 0 Å². The lowest BCUT2D eigenvalue weighted by molar-refractivity contribution is 0.162. The zero-order chi connectivity index (χ0) is 9.94. The number of ether oxygens (including phenoxy) is 1. The highest BCUT2D eigenvalue weighted by Crippen LogP contribution is 2.03. The van der Waals surface area contributed by atoms with Crippen molar-refractivity contribution in [1.82, 2.24) is 5.32 Å². The molecule has 0 aliphatic rings. The number of nitrogens with one attached hydrogen (secondary N) is 1. The Bertz CT molecular complexity index is 101. The first kappa shape index (κ1) is 13.3. The molecule has 1 atom stereocenters. The predicted molar refractivity (Wildman–Crippen MR) is 61.6 cm³/mol. The molecular formula is C10H23NOS. The van der Waals surface area contributed by atoms with Crippen LogP contribution in [0.15, 0.2) is 0 Å². The molecule has 1 N–H and O–H groups in total. The van der Waals surface area contributed by atoms with Gasteiger partial charge in [0.1, 0.15) is 0 Å². The van der Waals surface area contributed by atoms with E-state index in [2.05, 4.69) is 18.5 Å². The molecule has 0 heterocycles. The molecule has 3 heteroatoms. The number of thioether (sulfide) groups is 1. The minimum atomic E-state index is 0.553. The van der Waals surface area contributed by atoms with Crippen LogP contribution in [-0.4, -0.2) is 38.3 Å². The molecule has 0 rings (SSSR count). The highest BCUT2D eigenvalue weighted by Gasteiger charge is 2.05. The molecule has 13 heavy (non-hydrogen) atoms. The topological polar surface area (TPSA) is 21.3 Å². The van der Waals surface area contributed by atoms with Crippen molar-refractivity contribution >= 4 is 11.8 Å². The number of hydrogen-bond donors (Lipinski definition) is 1. The van der Waals surface area contributed by atoms with Crippen molar-refractivity contribution in [2.45, 2.75) is 32.2 Å². The van der Waals surface area contributed by atoms with Gasteiger partial charge in [0.25, 0.3) is 0 Å². The summed E-state index contributed by atoms with van der Waals surface area (Å²) in [5.41, 5.74) is 0. The molecule has 0 fully saturated rings. The molecule has 0 aliphatic heterocycles. The molecular weight excluding hydrogens is 182 g/mol. The van der Waals surface area contributed by atoms with Gasteiger partial charge in [-0.3, -0.25) is 0 Å². The van der Waals surface area contributed by atoms with Crippen molar-refractivity contribution in [2.24, 2.45) is 0 Å². The van der Waals surface area contributed by atoms with Gasteiger partial charge in [0.2, 0.25) is 0 Å². The van der Waals surface area contributed by atoms with Crippen molar-refractivity contribution in [3.8, 4) is 0 Å². The predicted octanol–water partition coefficient (Wildman–Crippen LogP) is 2.14. The molecule has 0 radical (unpaired) electrons. The van der Waals surface area contributed by atoms with Crippen LogP contribution in [-0.2, 0) is 4.74 Å². The van der Waals surface area contributed by atoms with Crippen LogP contribution in [0.5, 0.6) is 0 Å².